The van der Waals surface area contributed by atoms with Crippen LogP contribution in [0.25, 0.3) is 0 Å². The van der Waals surface area contributed by atoms with E-state index in [1.54, 1.807) is 23.7 Å². The lowest BCUT2D eigenvalue weighted by atomic mass is 9.65. The topological polar surface area (TPSA) is 98.7 Å². The van der Waals surface area contributed by atoms with Gasteiger partial charge < -0.3 is 20.6 Å². The Morgan fingerprint density at radius 1 is 1.21 bits per heavy atom. The second-order valence-corrected chi connectivity index (χ2v) is 14.5. The van der Waals surface area contributed by atoms with Crippen LogP contribution in [0.3, 0.4) is 0 Å². The van der Waals surface area contributed by atoms with Crippen LogP contribution >= 0.6 is 11.8 Å². The Balaban J connectivity index is 2.08. The van der Waals surface area contributed by atoms with Gasteiger partial charge in [-0.05, 0) is 50.4 Å². The molecule has 0 saturated carbocycles. The highest BCUT2D eigenvalue weighted by atomic mass is 32.2. The normalized spacial score (nSPS) is 33.9. The zero-order valence-corrected chi connectivity index (χ0v) is 23.2. The molecule has 3 aliphatic heterocycles. The van der Waals surface area contributed by atoms with Gasteiger partial charge in [0.2, 0.25) is 17.7 Å². The molecule has 194 valence electrons. The van der Waals surface area contributed by atoms with Crippen molar-refractivity contribution >= 4 is 29.5 Å². The van der Waals surface area contributed by atoms with Crippen molar-refractivity contribution in [3.8, 4) is 0 Å². The van der Waals surface area contributed by atoms with E-state index in [2.05, 4.69) is 52.2 Å². The van der Waals surface area contributed by atoms with E-state index in [1.165, 1.54) is 0 Å². The van der Waals surface area contributed by atoms with Gasteiger partial charge in [-0.2, -0.15) is 0 Å². The average Bonchev–Trinajstić information content (AvgIpc) is 3.26. The van der Waals surface area contributed by atoms with Crippen molar-refractivity contribution in [3.05, 3.63) is 0 Å². The molecule has 3 aliphatic rings. The van der Waals surface area contributed by atoms with Crippen molar-refractivity contribution in [3.63, 3.8) is 0 Å². The van der Waals surface area contributed by atoms with Gasteiger partial charge in [0.25, 0.3) is 0 Å². The predicted octanol–water partition coefficient (Wildman–Crippen LogP) is 2.81. The first-order chi connectivity index (χ1) is 15.6. The molecule has 0 aromatic carbocycles. The minimum absolute atomic E-state index is 0.0201. The second-order valence-electron chi connectivity index (χ2n) is 13.0. The molecular formula is C26H45N3O4S. The molecule has 0 aromatic rings. The fourth-order valence-corrected chi connectivity index (χ4v) is 9.62. The molecule has 3 saturated heterocycles. The molecule has 3 unspecified atom stereocenters. The van der Waals surface area contributed by atoms with E-state index in [-0.39, 0.29) is 46.8 Å². The minimum Gasteiger partial charge on any atom is -0.394 e. The lowest BCUT2D eigenvalue weighted by Gasteiger charge is -2.42. The second kappa shape index (κ2) is 9.30. The Bertz CT molecular complexity index is 823. The monoisotopic (exact) mass is 495 g/mol. The Morgan fingerprint density at radius 2 is 1.82 bits per heavy atom. The summed E-state index contributed by atoms with van der Waals surface area (Å²) in [5, 5.41) is 16.4. The number of aliphatic hydroxyl groups is 1. The molecule has 2 bridgehead atoms. The van der Waals surface area contributed by atoms with Gasteiger partial charge in [-0.15, -0.1) is 11.8 Å². The lowest BCUT2D eigenvalue weighted by Crippen LogP contribution is -2.61. The summed E-state index contributed by atoms with van der Waals surface area (Å²) in [4.78, 5) is 42.8. The first kappa shape index (κ1) is 27.3. The molecule has 0 radical (unpaired) electrons. The van der Waals surface area contributed by atoms with Crippen LogP contribution in [0.4, 0.5) is 0 Å². The highest BCUT2D eigenvalue weighted by Gasteiger charge is 2.76. The number of amides is 3. The largest absolute Gasteiger partial charge is 0.394 e. The summed E-state index contributed by atoms with van der Waals surface area (Å²) in [5.74, 6) is -1.06. The smallest absolute Gasteiger partial charge is 0.244 e. The SMILES string of the molecule is CNC(=O)[C@@H]1[C@@H]2CC(C)C3(S2)C(C(=O)NC(C)(C)CC(C)(C)C)N([C@@H](CO)CC(C)C)C(=O)[C@H]13. The van der Waals surface area contributed by atoms with Crippen LogP contribution in [-0.2, 0) is 14.4 Å². The van der Waals surface area contributed by atoms with Gasteiger partial charge >= 0.3 is 0 Å². The lowest BCUT2D eigenvalue weighted by molar-refractivity contribution is -0.143. The Hall–Kier alpha value is -1.28. The number of hydrogen-bond donors (Lipinski definition) is 3. The van der Waals surface area contributed by atoms with Crippen molar-refractivity contribution < 1.29 is 19.5 Å². The maximum Gasteiger partial charge on any atom is 0.244 e. The molecule has 0 aliphatic carbocycles. The van der Waals surface area contributed by atoms with Gasteiger partial charge in [-0.1, -0.05) is 41.5 Å². The number of carbonyl (C=O) groups excluding carboxylic acids is 3. The number of likely N-dealkylation sites (tertiary alicyclic amines) is 1. The Morgan fingerprint density at radius 3 is 2.32 bits per heavy atom. The third-order valence-corrected chi connectivity index (χ3v) is 9.84. The number of fused-ring (bicyclic) bond motifs is 1. The first-order valence-electron chi connectivity index (χ1n) is 12.7. The van der Waals surface area contributed by atoms with Crippen molar-refractivity contribution in [2.24, 2.45) is 29.1 Å². The predicted molar refractivity (Wildman–Crippen MR) is 136 cm³/mol. The van der Waals surface area contributed by atoms with Gasteiger partial charge in [0.05, 0.1) is 29.2 Å². The van der Waals surface area contributed by atoms with Crippen LogP contribution in [0.2, 0.25) is 0 Å². The van der Waals surface area contributed by atoms with E-state index < -0.39 is 34.2 Å². The number of thioether (sulfide) groups is 1. The summed E-state index contributed by atoms with van der Waals surface area (Å²) in [6.45, 7) is 16.5. The molecule has 34 heavy (non-hydrogen) atoms. The summed E-state index contributed by atoms with van der Waals surface area (Å²) < 4.78 is -0.661. The van der Waals surface area contributed by atoms with E-state index in [1.807, 2.05) is 13.8 Å². The molecule has 3 N–H and O–H groups in total. The number of nitrogens with one attached hydrogen (secondary N) is 2. The zero-order chi connectivity index (χ0) is 25.8. The Kier molecular flexibility index (Phi) is 7.47. The molecule has 3 amide bonds. The molecular weight excluding hydrogens is 450 g/mol. The number of nitrogens with zero attached hydrogens (tertiary/aromatic N) is 1. The molecule has 3 fully saturated rings. The van der Waals surface area contributed by atoms with Crippen molar-refractivity contribution in [2.75, 3.05) is 13.7 Å². The quantitative estimate of drug-likeness (QED) is 0.481. The van der Waals surface area contributed by atoms with Crippen LogP contribution in [-0.4, -0.2) is 69.0 Å². The highest BCUT2D eigenvalue weighted by Crippen LogP contribution is 2.68. The fraction of sp³-hybridized carbons (Fsp3) is 0.885. The molecule has 0 aromatic heterocycles. The molecule has 1 spiro atoms. The van der Waals surface area contributed by atoms with E-state index >= 15 is 0 Å². The minimum atomic E-state index is -0.709. The number of rotatable bonds is 8. The molecule has 3 rings (SSSR count). The van der Waals surface area contributed by atoms with Gasteiger partial charge in [0, 0.05) is 17.8 Å². The van der Waals surface area contributed by atoms with Crippen LogP contribution in [0.1, 0.15) is 74.7 Å². The number of aliphatic hydroxyl groups excluding tert-OH is 1. The summed E-state index contributed by atoms with van der Waals surface area (Å²) in [6, 6.07) is -1.16. The van der Waals surface area contributed by atoms with Crippen molar-refractivity contribution in [1.82, 2.24) is 15.5 Å². The third kappa shape index (κ3) is 4.61. The first-order valence-corrected chi connectivity index (χ1v) is 13.6. The summed E-state index contributed by atoms with van der Waals surface area (Å²) in [7, 11) is 1.61. The van der Waals surface area contributed by atoms with Gasteiger partial charge in [0.15, 0.2) is 0 Å². The Labute approximate surface area is 209 Å². The van der Waals surface area contributed by atoms with Gasteiger partial charge in [0.1, 0.15) is 6.04 Å². The fourth-order valence-electron chi connectivity index (χ4n) is 7.21. The van der Waals surface area contributed by atoms with Crippen LogP contribution in [0.5, 0.6) is 0 Å². The maximum atomic E-state index is 14.1. The van der Waals surface area contributed by atoms with Gasteiger partial charge in [-0.3, -0.25) is 14.4 Å². The molecule has 7 atom stereocenters. The molecule has 8 heteroatoms. The summed E-state index contributed by atoms with van der Waals surface area (Å²) in [6.07, 6.45) is 2.20. The number of hydrogen-bond acceptors (Lipinski definition) is 5. The zero-order valence-electron chi connectivity index (χ0n) is 22.4. The van der Waals surface area contributed by atoms with Crippen LogP contribution in [0.15, 0.2) is 0 Å². The highest BCUT2D eigenvalue weighted by molar-refractivity contribution is 8.02. The van der Waals surface area contributed by atoms with Crippen LogP contribution in [0, 0.1) is 29.1 Å². The summed E-state index contributed by atoms with van der Waals surface area (Å²) >= 11 is 1.67. The average molecular weight is 496 g/mol. The molecule has 7 nitrogen and oxygen atoms in total. The molecule has 3 heterocycles. The van der Waals surface area contributed by atoms with Gasteiger partial charge in [-0.25, -0.2) is 0 Å². The summed E-state index contributed by atoms with van der Waals surface area (Å²) in [5.41, 5.74) is -0.442. The van der Waals surface area contributed by atoms with Crippen molar-refractivity contribution in [2.45, 2.75) is 102 Å². The number of carbonyl (C=O) groups is 3. The third-order valence-electron chi connectivity index (χ3n) is 7.76. The van der Waals surface area contributed by atoms with E-state index in [9.17, 15) is 19.5 Å². The van der Waals surface area contributed by atoms with Crippen molar-refractivity contribution in [1.29, 1.82) is 0 Å². The maximum absolute atomic E-state index is 14.1. The van der Waals surface area contributed by atoms with E-state index in [0.29, 0.717) is 6.42 Å². The standard InChI is InChI=1S/C26H45N3O4S/c1-14(2)10-16(12-30)29-20(22(32)28-25(7,8)13-24(4,5)6)26-15(3)11-17(34-26)18(21(31)27-9)19(26)23(29)33/h14-20,30H,10-13H2,1-9H3,(H,27,31)(H,28,32)/t15?,16-,17+,18-,19+,20?,26?/m1/s1. The van der Waals surface area contributed by atoms with E-state index in [4.69, 9.17) is 0 Å². The van der Waals surface area contributed by atoms with Crippen LogP contribution < -0.4 is 10.6 Å². The van der Waals surface area contributed by atoms with E-state index in [0.717, 1.165) is 12.8 Å².